The number of aromatic nitrogens is 3. The molecule has 2 aromatic heterocycles. The average molecular weight is 293 g/mol. The summed E-state index contributed by atoms with van der Waals surface area (Å²) in [5.74, 6) is 0.905. The smallest absolute Gasteiger partial charge is 0.160 e. The summed E-state index contributed by atoms with van der Waals surface area (Å²) in [5, 5.41) is 0. The van der Waals surface area contributed by atoms with Gasteiger partial charge in [-0.15, -0.1) is 0 Å². The summed E-state index contributed by atoms with van der Waals surface area (Å²) < 4.78 is 3.03. The van der Waals surface area contributed by atoms with Gasteiger partial charge in [-0.1, -0.05) is 6.07 Å². The van der Waals surface area contributed by atoms with Crippen molar-refractivity contribution in [3.63, 3.8) is 0 Å². The Hall–Kier alpha value is -1.20. The maximum absolute atomic E-state index is 6.13. The van der Waals surface area contributed by atoms with E-state index in [9.17, 15) is 0 Å². The summed E-state index contributed by atoms with van der Waals surface area (Å²) in [6.45, 7) is 0.966. The van der Waals surface area contributed by atoms with Crippen LogP contribution in [0.5, 0.6) is 0 Å². The van der Waals surface area contributed by atoms with Crippen LogP contribution in [0, 0.1) is 0 Å². The SMILES string of the molecule is NC1CCCn2c(-c3ccccn3)nc(Br)c21. The number of halogens is 1. The third-order valence-corrected chi connectivity index (χ3v) is 3.69. The molecule has 5 heteroatoms. The zero-order valence-corrected chi connectivity index (χ0v) is 10.9. The van der Waals surface area contributed by atoms with Crippen molar-refractivity contribution in [3.05, 3.63) is 34.7 Å². The quantitative estimate of drug-likeness (QED) is 0.879. The van der Waals surface area contributed by atoms with Crippen molar-refractivity contribution in [3.8, 4) is 11.5 Å². The number of hydrogen-bond acceptors (Lipinski definition) is 3. The Labute approximate surface area is 108 Å². The monoisotopic (exact) mass is 292 g/mol. The lowest BCUT2D eigenvalue weighted by Gasteiger charge is -2.22. The van der Waals surface area contributed by atoms with E-state index >= 15 is 0 Å². The molecule has 0 saturated heterocycles. The van der Waals surface area contributed by atoms with E-state index < -0.39 is 0 Å². The average Bonchev–Trinajstić information content (AvgIpc) is 2.69. The van der Waals surface area contributed by atoms with Gasteiger partial charge in [0.05, 0.1) is 5.69 Å². The Morgan fingerprint density at radius 3 is 3.06 bits per heavy atom. The molecule has 4 nitrogen and oxygen atoms in total. The van der Waals surface area contributed by atoms with Gasteiger partial charge in [-0.05, 0) is 40.9 Å². The Kier molecular flexibility index (Phi) is 2.72. The minimum Gasteiger partial charge on any atom is -0.324 e. The van der Waals surface area contributed by atoms with Crippen LogP contribution in [0.1, 0.15) is 24.6 Å². The molecular weight excluding hydrogens is 280 g/mol. The van der Waals surface area contributed by atoms with Crippen LogP contribution in [0.3, 0.4) is 0 Å². The van der Waals surface area contributed by atoms with Gasteiger partial charge in [0, 0.05) is 18.8 Å². The maximum atomic E-state index is 6.13. The molecule has 1 atom stereocenters. The number of fused-ring (bicyclic) bond motifs is 1. The number of nitrogens with two attached hydrogens (primary N) is 1. The molecule has 0 fully saturated rings. The van der Waals surface area contributed by atoms with Crippen molar-refractivity contribution in [2.24, 2.45) is 5.73 Å². The molecule has 1 unspecified atom stereocenters. The molecule has 3 heterocycles. The summed E-state index contributed by atoms with van der Waals surface area (Å²) in [4.78, 5) is 8.90. The van der Waals surface area contributed by atoms with Crippen LogP contribution in [0.4, 0.5) is 0 Å². The Morgan fingerprint density at radius 2 is 2.29 bits per heavy atom. The number of rotatable bonds is 1. The van der Waals surface area contributed by atoms with Crippen molar-refractivity contribution < 1.29 is 0 Å². The van der Waals surface area contributed by atoms with Crippen LogP contribution in [-0.2, 0) is 6.54 Å². The van der Waals surface area contributed by atoms with Gasteiger partial charge in [0.15, 0.2) is 5.82 Å². The number of pyridine rings is 1. The van der Waals surface area contributed by atoms with Gasteiger partial charge in [-0.2, -0.15) is 0 Å². The summed E-state index contributed by atoms with van der Waals surface area (Å²) in [7, 11) is 0. The third-order valence-electron chi connectivity index (χ3n) is 3.10. The minimum absolute atomic E-state index is 0.0723. The Morgan fingerprint density at radius 1 is 1.41 bits per heavy atom. The lowest BCUT2D eigenvalue weighted by Crippen LogP contribution is -2.22. The summed E-state index contributed by atoms with van der Waals surface area (Å²) in [6.07, 6.45) is 3.90. The fourth-order valence-corrected chi connectivity index (χ4v) is 2.99. The first-order valence-corrected chi connectivity index (χ1v) is 6.49. The van der Waals surface area contributed by atoms with Crippen LogP contribution < -0.4 is 5.73 Å². The van der Waals surface area contributed by atoms with Gasteiger partial charge in [0.25, 0.3) is 0 Å². The van der Waals surface area contributed by atoms with E-state index in [1.807, 2.05) is 18.2 Å². The van der Waals surface area contributed by atoms with E-state index in [4.69, 9.17) is 5.73 Å². The molecule has 1 aliphatic heterocycles. The topological polar surface area (TPSA) is 56.7 Å². The van der Waals surface area contributed by atoms with E-state index in [1.165, 1.54) is 0 Å². The number of nitrogens with zero attached hydrogens (tertiary/aromatic N) is 3. The van der Waals surface area contributed by atoms with Crippen molar-refractivity contribution in [2.75, 3.05) is 0 Å². The molecule has 3 rings (SSSR count). The molecule has 0 saturated carbocycles. The van der Waals surface area contributed by atoms with Gasteiger partial charge < -0.3 is 10.3 Å². The molecule has 1 aliphatic rings. The predicted octanol–water partition coefficient (Wildman–Crippen LogP) is 2.50. The highest BCUT2D eigenvalue weighted by Gasteiger charge is 2.25. The second kappa shape index (κ2) is 4.23. The highest BCUT2D eigenvalue weighted by Crippen LogP contribution is 2.33. The molecule has 0 radical (unpaired) electrons. The number of imidazole rings is 1. The first kappa shape index (κ1) is 10.9. The minimum atomic E-state index is 0.0723. The van der Waals surface area contributed by atoms with Crippen LogP contribution >= 0.6 is 15.9 Å². The van der Waals surface area contributed by atoms with Crippen LogP contribution in [-0.4, -0.2) is 14.5 Å². The first-order chi connectivity index (χ1) is 8.27. The second-order valence-corrected chi connectivity index (χ2v) is 4.98. The molecule has 17 heavy (non-hydrogen) atoms. The Balaban J connectivity index is 2.17. The first-order valence-electron chi connectivity index (χ1n) is 5.70. The number of hydrogen-bond donors (Lipinski definition) is 1. The molecule has 88 valence electrons. The molecule has 0 amide bonds. The van der Waals surface area contributed by atoms with Gasteiger partial charge in [-0.25, -0.2) is 4.98 Å². The van der Waals surface area contributed by atoms with Gasteiger partial charge in [0.1, 0.15) is 10.3 Å². The lowest BCUT2D eigenvalue weighted by molar-refractivity contribution is 0.464. The van der Waals surface area contributed by atoms with E-state index in [2.05, 4.69) is 30.5 Å². The highest BCUT2D eigenvalue weighted by molar-refractivity contribution is 9.10. The lowest BCUT2D eigenvalue weighted by atomic mass is 10.1. The van der Waals surface area contributed by atoms with Crippen LogP contribution in [0.25, 0.3) is 11.5 Å². The van der Waals surface area contributed by atoms with E-state index in [0.29, 0.717) is 0 Å². The fraction of sp³-hybridized carbons (Fsp3) is 0.333. The second-order valence-electron chi connectivity index (χ2n) is 4.23. The van der Waals surface area contributed by atoms with E-state index in [1.54, 1.807) is 6.20 Å². The molecule has 0 aliphatic carbocycles. The van der Waals surface area contributed by atoms with Crippen molar-refractivity contribution in [2.45, 2.75) is 25.4 Å². The fourth-order valence-electron chi connectivity index (χ4n) is 2.31. The third kappa shape index (κ3) is 1.79. The molecule has 0 aromatic carbocycles. The molecule has 0 spiro atoms. The Bertz CT molecular complexity index is 535. The predicted molar refractivity (Wildman–Crippen MR) is 69.3 cm³/mol. The standard InChI is InChI=1S/C12H13BrN4/c13-11-10-8(14)4-3-7-17(10)12(16-11)9-5-1-2-6-15-9/h1-2,5-6,8H,3-4,7,14H2. The van der Waals surface area contributed by atoms with Gasteiger partial charge >= 0.3 is 0 Å². The van der Waals surface area contributed by atoms with Crippen molar-refractivity contribution in [1.82, 2.24) is 14.5 Å². The van der Waals surface area contributed by atoms with E-state index in [-0.39, 0.29) is 6.04 Å². The highest BCUT2D eigenvalue weighted by atomic mass is 79.9. The van der Waals surface area contributed by atoms with Crippen molar-refractivity contribution >= 4 is 15.9 Å². The molecule has 2 aromatic rings. The van der Waals surface area contributed by atoms with Crippen LogP contribution in [0.2, 0.25) is 0 Å². The van der Waals surface area contributed by atoms with Crippen molar-refractivity contribution in [1.29, 1.82) is 0 Å². The largest absolute Gasteiger partial charge is 0.324 e. The van der Waals surface area contributed by atoms with E-state index in [0.717, 1.165) is 41.2 Å². The summed E-state index contributed by atoms with van der Waals surface area (Å²) >= 11 is 3.50. The summed E-state index contributed by atoms with van der Waals surface area (Å²) in [6, 6.07) is 5.93. The molecule has 0 bridgehead atoms. The van der Waals surface area contributed by atoms with Gasteiger partial charge in [-0.3, -0.25) is 4.98 Å². The molecular formula is C12H13BrN4. The van der Waals surface area contributed by atoms with Gasteiger partial charge in [0.2, 0.25) is 0 Å². The molecule has 2 N–H and O–H groups in total. The summed E-state index contributed by atoms with van der Waals surface area (Å²) in [5.41, 5.74) is 8.12. The zero-order chi connectivity index (χ0) is 11.8. The normalized spacial score (nSPS) is 19.1. The van der Waals surface area contributed by atoms with Crippen LogP contribution in [0.15, 0.2) is 29.0 Å². The zero-order valence-electron chi connectivity index (χ0n) is 9.31. The maximum Gasteiger partial charge on any atom is 0.160 e.